The van der Waals surface area contributed by atoms with Crippen molar-refractivity contribution in [1.29, 1.82) is 0 Å². The molecule has 0 aliphatic carbocycles. The molecule has 0 aromatic rings. The van der Waals surface area contributed by atoms with Crippen LogP contribution in [-0.4, -0.2) is 30.4 Å². The number of epoxide rings is 1. The summed E-state index contributed by atoms with van der Waals surface area (Å²) in [7, 11) is -3.90. The summed E-state index contributed by atoms with van der Waals surface area (Å²) >= 11 is 0. The van der Waals surface area contributed by atoms with E-state index in [1.54, 1.807) is 6.92 Å². The van der Waals surface area contributed by atoms with E-state index in [0.717, 1.165) is 0 Å². The van der Waals surface area contributed by atoms with Gasteiger partial charge in [-0.25, -0.2) is 0 Å². The Bertz CT molecular complexity index is 220. The highest BCUT2D eigenvalue weighted by molar-refractivity contribution is 7.86. The zero-order chi connectivity index (χ0) is 7.94. The Labute approximate surface area is 59.9 Å². The Morgan fingerprint density at radius 3 is 2.10 bits per heavy atom. The van der Waals surface area contributed by atoms with Crippen LogP contribution in [0.2, 0.25) is 0 Å². The van der Waals surface area contributed by atoms with Crippen molar-refractivity contribution < 1.29 is 17.7 Å². The van der Waals surface area contributed by atoms with Gasteiger partial charge in [-0.2, -0.15) is 8.42 Å². The molecule has 10 heavy (non-hydrogen) atoms. The molecule has 0 saturated carbocycles. The maximum Gasteiger partial charge on any atom is 0.270 e. The molecule has 1 N–H and O–H groups in total. The fourth-order valence-electron chi connectivity index (χ4n) is 0.864. The molecule has 0 spiro atoms. The van der Waals surface area contributed by atoms with Crippen LogP contribution in [0.5, 0.6) is 0 Å². The molecular weight excluding hydrogens is 156 g/mol. The molecule has 3 atom stereocenters. The zero-order valence-corrected chi connectivity index (χ0v) is 6.63. The van der Waals surface area contributed by atoms with Gasteiger partial charge >= 0.3 is 0 Å². The van der Waals surface area contributed by atoms with E-state index in [1.807, 2.05) is 0 Å². The summed E-state index contributed by atoms with van der Waals surface area (Å²) < 4.78 is 34.2. The van der Waals surface area contributed by atoms with E-state index < -0.39 is 15.4 Å². The van der Waals surface area contributed by atoms with Crippen molar-refractivity contribution in [3.8, 4) is 0 Å². The third-order valence-electron chi connectivity index (χ3n) is 1.69. The first kappa shape index (κ1) is 7.97. The first-order valence-corrected chi connectivity index (χ1v) is 4.55. The van der Waals surface area contributed by atoms with Crippen molar-refractivity contribution in [1.82, 2.24) is 0 Å². The minimum absolute atomic E-state index is 0.0306. The minimum Gasteiger partial charge on any atom is -0.368 e. The Balaban J connectivity index is 2.60. The smallest absolute Gasteiger partial charge is 0.270 e. The largest absolute Gasteiger partial charge is 0.368 e. The van der Waals surface area contributed by atoms with Gasteiger partial charge in [0.25, 0.3) is 10.1 Å². The average molecular weight is 166 g/mol. The van der Waals surface area contributed by atoms with Crippen molar-refractivity contribution in [2.24, 2.45) is 0 Å². The molecule has 1 rings (SSSR count). The topological polar surface area (TPSA) is 66.9 Å². The Kier molecular flexibility index (Phi) is 1.74. The number of ether oxygens (including phenoxy) is 1. The molecule has 1 fully saturated rings. The normalized spacial score (nSPS) is 35.5. The molecule has 1 aliphatic heterocycles. The summed E-state index contributed by atoms with van der Waals surface area (Å²) in [5, 5.41) is -0.789. The lowest BCUT2D eigenvalue weighted by Gasteiger charge is -2.01. The molecule has 1 saturated heterocycles. The van der Waals surface area contributed by atoms with E-state index >= 15 is 0 Å². The molecule has 3 unspecified atom stereocenters. The molecule has 5 heteroatoms. The number of hydrogen-bond donors (Lipinski definition) is 1. The van der Waals surface area contributed by atoms with E-state index in [0.29, 0.717) is 0 Å². The van der Waals surface area contributed by atoms with Crippen LogP contribution in [0.3, 0.4) is 0 Å². The van der Waals surface area contributed by atoms with E-state index in [1.165, 1.54) is 6.92 Å². The van der Waals surface area contributed by atoms with E-state index in [4.69, 9.17) is 9.29 Å². The van der Waals surface area contributed by atoms with Crippen LogP contribution >= 0.6 is 0 Å². The molecule has 60 valence electrons. The van der Waals surface area contributed by atoms with Crippen molar-refractivity contribution >= 4 is 10.1 Å². The lowest BCUT2D eigenvalue weighted by Crippen LogP contribution is -2.23. The maximum absolute atomic E-state index is 10.4. The third-order valence-corrected chi connectivity index (χ3v) is 2.90. The van der Waals surface area contributed by atoms with Gasteiger partial charge in [-0.05, 0) is 13.8 Å². The Morgan fingerprint density at radius 2 is 2.00 bits per heavy atom. The standard InChI is InChI=1S/C5H10O4S/c1-3-5(9-3)4(2)10(6,7)8/h3-5H,1-2H3,(H,6,7,8). The molecular formula is C5H10O4S. The molecule has 1 aliphatic rings. The summed E-state index contributed by atoms with van der Waals surface area (Å²) in [6.07, 6.45) is -0.341. The number of rotatable bonds is 2. The van der Waals surface area contributed by atoms with Crippen molar-refractivity contribution in [3.05, 3.63) is 0 Å². The molecule has 0 radical (unpaired) electrons. The van der Waals surface area contributed by atoms with Gasteiger partial charge in [-0.3, -0.25) is 4.55 Å². The summed E-state index contributed by atoms with van der Waals surface area (Å²) in [5.41, 5.74) is 0. The highest BCUT2D eigenvalue weighted by atomic mass is 32.2. The second-order valence-electron chi connectivity index (χ2n) is 2.53. The molecule has 4 nitrogen and oxygen atoms in total. The highest BCUT2D eigenvalue weighted by Gasteiger charge is 2.44. The predicted octanol–water partition coefficient (Wildman–Crippen LogP) is 0.0500. The lowest BCUT2D eigenvalue weighted by atomic mass is 10.3. The van der Waals surface area contributed by atoms with Crippen LogP contribution in [-0.2, 0) is 14.9 Å². The van der Waals surface area contributed by atoms with Crippen molar-refractivity contribution in [2.45, 2.75) is 31.3 Å². The van der Waals surface area contributed by atoms with Crippen molar-refractivity contribution in [3.63, 3.8) is 0 Å². The minimum atomic E-state index is -3.90. The lowest BCUT2D eigenvalue weighted by molar-refractivity contribution is 0.366. The molecule has 0 aromatic carbocycles. The van der Waals surface area contributed by atoms with Crippen molar-refractivity contribution in [2.75, 3.05) is 0 Å². The molecule has 1 heterocycles. The van der Waals surface area contributed by atoms with Gasteiger partial charge in [0.15, 0.2) is 0 Å². The summed E-state index contributed by atoms with van der Waals surface area (Å²) in [6.45, 7) is 3.20. The fraction of sp³-hybridized carbons (Fsp3) is 1.00. The van der Waals surface area contributed by atoms with Crippen LogP contribution in [0.25, 0.3) is 0 Å². The molecule has 0 amide bonds. The second kappa shape index (κ2) is 2.18. The van der Waals surface area contributed by atoms with Gasteiger partial charge in [0.1, 0.15) is 11.4 Å². The van der Waals surface area contributed by atoms with Gasteiger partial charge in [-0.15, -0.1) is 0 Å². The van der Waals surface area contributed by atoms with Gasteiger partial charge < -0.3 is 4.74 Å². The monoisotopic (exact) mass is 166 g/mol. The average Bonchev–Trinajstić information content (AvgIpc) is 2.42. The first-order chi connectivity index (χ1) is 4.43. The van der Waals surface area contributed by atoms with Crippen LogP contribution in [0, 0.1) is 0 Å². The van der Waals surface area contributed by atoms with Crippen LogP contribution in [0.1, 0.15) is 13.8 Å². The highest BCUT2D eigenvalue weighted by Crippen LogP contribution is 2.27. The second-order valence-corrected chi connectivity index (χ2v) is 4.30. The molecule has 0 aromatic heterocycles. The van der Waals surface area contributed by atoms with E-state index in [-0.39, 0.29) is 12.2 Å². The van der Waals surface area contributed by atoms with Gasteiger partial charge in [0.2, 0.25) is 0 Å². The first-order valence-electron chi connectivity index (χ1n) is 3.04. The van der Waals surface area contributed by atoms with Gasteiger partial charge in [0, 0.05) is 0 Å². The number of hydrogen-bond acceptors (Lipinski definition) is 3. The van der Waals surface area contributed by atoms with E-state index in [2.05, 4.69) is 0 Å². The predicted molar refractivity (Wildman–Crippen MR) is 35.3 cm³/mol. The van der Waals surface area contributed by atoms with Crippen LogP contribution in [0.4, 0.5) is 0 Å². The Morgan fingerprint density at radius 1 is 1.60 bits per heavy atom. The fourth-order valence-corrected chi connectivity index (χ4v) is 1.49. The van der Waals surface area contributed by atoms with E-state index in [9.17, 15) is 8.42 Å². The molecule has 0 bridgehead atoms. The third kappa shape index (κ3) is 1.47. The van der Waals surface area contributed by atoms with Gasteiger partial charge in [-0.1, -0.05) is 0 Å². The van der Waals surface area contributed by atoms with Crippen LogP contribution in [0.15, 0.2) is 0 Å². The van der Waals surface area contributed by atoms with Gasteiger partial charge in [0.05, 0.1) is 6.10 Å². The van der Waals surface area contributed by atoms with Crippen LogP contribution < -0.4 is 0 Å². The zero-order valence-electron chi connectivity index (χ0n) is 5.81. The Hall–Kier alpha value is -0.130. The SMILES string of the molecule is CC1OC1C(C)S(=O)(=O)O. The summed E-state index contributed by atoms with van der Waals surface area (Å²) in [5.74, 6) is 0. The maximum atomic E-state index is 10.4. The summed E-state index contributed by atoms with van der Waals surface area (Å²) in [4.78, 5) is 0. The summed E-state index contributed by atoms with van der Waals surface area (Å²) in [6, 6.07) is 0. The quantitative estimate of drug-likeness (QED) is 0.465.